The van der Waals surface area contributed by atoms with Gasteiger partial charge in [-0.15, -0.1) is 0 Å². The highest BCUT2D eigenvalue weighted by molar-refractivity contribution is 5.95. The first-order valence-corrected chi connectivity index (χ1v) is 7.92. The SMILES string of the molecule is Cc1nc(-n2cncn2)ccc1C(=O)OC1=CC(=O)C2CCC1C2. The van der Waals surface area contributed by atoms with Gasteiger partial charge in [-0.25, -0.2) is 19.4 Å². The lowest BCUT2D eigenvalue weighted by Gasteiger charge is -2.19. The molecule has 2 aliphatic carbocycles. The van der Waals surface area contributed by atoms with Crippen LogP contribution in [-0.2, 0) is 9.53 Å². The van der Waals surface area contributed by atoms with Crippen LogP contribution in [0.25, 0.3) is 5.82 Å². The second kappa shape index (κ2) is 5.67. The first kappa shape index (κ1) is 14.7. The third kappa shape index (κ3) is 2.51. The van der Waals surface area contributed by atoms with E-state index in [9.17, 15) is 9.59 Å². The van der Waals surface area contributed by atoms with E-state index in [0.717, 1.165) is 19.3 Å². The van der Waals surface area contributed by atoms with Crippen molar-refractivity contribution in [2.75, 3.05) is 0 Å². The number of aryl methyl sites for hydroxylation is 1. The number of carbonyl (C=O) groups excluding carboxylic acids is 2. The molecule has 0 saturated heterocycles. The Morgan fingerprint density at radius 3 is 2.88 bits per heavy atom. The van der Waals surface area contributed by atoms with Crippen LogP contribution in [0.1, 0.15) is 35.3 Å². The third-order valence-electron chi connectivity index (χ3n) is 4.68. The van der Waals surface area contributed by atoms with Crippen molar-refractivity contribution in [3.8, 4) is 5.82 Å². The van der Waals surface area contributed by atoms with Gasteiger partial charge in [0.25, 0.3) is 0 Å². The van der Waals surface area contributed by atoms with Crippen molar-refractivity contribution < 1.29 is 14.3 Å². The van der Waals surface area contributed by atoms with Crippen molar-refractivity contribution in [3.63, 3.8) is 0 Å². The number of aromatic nitrogens is 4. The molecule has 1 fully saturated rings. The quantitative estimate of drug-likeness (QED) is 0.803. The van der Waals surface area contributed by atoms with E-state index in [1.807, 2.05) is 0 Å². The molecule has 0 amide bonds. The predicted octanol–water partition coefficient (Wildman–Crippen LogP) is 2.01. The summed E-state index contributed by atoms with van der Waals surface area (Å²) in [5, 5.41) is 4.01. The number of hydrogen-bond donors (Lipinski definition) is 0. The number of hydrogen-bond acceptors (Lipinski definition) is 6. The van der Waals surface area contributed by atoms with E-state index in [1.165, 1.54) is 23.4 Å². The van der Waals surface area contributed by atoms with Crippen LogP contribution in [0.4, 0.5) is 0 Å². The molecule has 1 saturated carbocycles. The molecule has 4 rings (SSSR count). The molecule has 2 aliphatic rings. The fraction of sp³-hybridized carbons (Fsp3) is 0.353. The molecule has 2 unspecified atom stereocenters. The van der Waals surface area contributed by atoms with Gasteiger partial charge in [-0.2, -0.15) is 5.10 Å². The van der Waals surface area contributed by atoms with Crippen LogP contribution >= 0.6 is 0 Å². The Morgan fingerprint density at radius 2 is 2.12 bits per heavy atom. The van der Waals surface area contributed by atoms with Crippen molar-refractivity contribution in [1.29, 1.82) is 0 Å². The second-order valence-corrected chi connectivity index (χ2v) is 6.19. The third-order valence-corrected chi connectivity index (χ3v) is 4.68. The van der Waals surface area contributed by atoms with Crippen LogP contribution in [0.15, 0.2) is 36.6 Å². The number of carbonyl (C=O) groups is 2. The fourth-order valence-corrected chi connectivity index (χ4v) is 3.37. The summed E-state index contributed by atoms with van der Waals surface area (Å²) in [5.41, 5.74) is 0.923. The topological polar surface area (TPSA) is 87.0 Å². The Kier molecular flexibility index (Phi) is 3.48. The summed E-state index contributed by atoms with van der Waals surface area (Å²) in [5.74, 6) is 0.963. The first-order chi connectivity index (χ1) is 11.6. The number of rotatable bonds is 3. The number of ether oxygens (including phenoxy) is 1. The van der Waals surface area contributed by atoms with E-state index >= 15 is 0 Å². The summed E-state index contributed by atoms with van der Waals surface area (Å²) in [6, 6.07) is 3.34. The van der Waals surface area contributed by atoms with Crippen LogP contribution in [0.3, 0.4) is 0 Å². The molecule has 122 valence electrons. The largest absolute Gasteiger partial charge is 0.427 e. The van der Waals surface area contributed by atoms with Crippen LogP contribution < -0.4 is 0 Å². The molecule has 2 aromatic rings. The molecule has 24 heavy (non-hydrogen) atoms. The van der Waals surface area contributed by atoms with E-state index in [2.05, 4.69) is 15.1 Å². The Labute approximate surface area is 138 Å². The van der Waals surface area contributed by atoms with Crippen molar-refractivity contribution >= 4 is 11.8 Å². The Morgan fingerprint density at radius 1 is 1.29 bits per heavy atom. The zero-order chi connectivity index (χ0) is 16.7. The number of ketones is 1. The van der Waals surface area contributed by atoms with Crippen LogP contribution in [0.5, 0.6) is 0 Å². The van der Waals surface area contributed by atoms with Gasteiger partial charge in [-0.3, -0.25) is 4.79 Å². The lowest BCUT2D eigenvalue weighted by atomic mass is 9.93. The number of nitrogens with zero attached hydrogens (tertiary/aromatic N) is 4. The highest BCUT2D eigenvalue weighted by Gasteiger charge is 2.37. The standard InChI is InChI=1S/C17H16N4O3/c1-10-13(4-5-16(20-10)21-9-18-8-19-21)17(23)24-15-7-14(22)11-2-3-12(15)6-11/h4-5,7-9,11-12H,2-3,6H2,1H3. The Bertz CT molecular complexity index is 842. The highest BCUT2D eigenvalue weighted by Crippen LogP contribution is 2.41. The molecule has 0 N–H and O–H groups in total. The zero-order valence-corrected chi connectivity index (χ0v) is 13.2. The summed E-state index contributed by atoms with van der Waals surface area (Å²) in [6.45, 7) is 1.74. The summed E-state index contributed by atoms with van der Waals surface area (Å²) >= 11 is 0. The molecule has 7 nitrogen and oxygen atoms in total. The molecular weight excluding hydrogens is 308 g/mol. The van der Waals surface area contributed by atoms with Crippen molar-refractivity contribution in [3.05, 3.63) is 47.9 Å². The van der Waals surface area contributed by atoms with Gasteiger partial charge in [0.15, 0.2) is 11.6 Å². The maximum atomic E-state index is 12.5. The van der Waals surface area contributed by atoms with E-state index in [0.29, 0.717) is 22.8 Å². The van der Waals surface area contributed by atoms with Gasteiger partial charge >= 0.3 is 5.97 Å². The lowest BCUT2D eigenvalue weighted by molar-refractivity contribution is -0.118. The van der Waals surface area contributed by atoms with Crippen molar-refractivity contribution in [2.45, 2.75) is 26.2 Å². The molecule has 0 aliphatic heterocycles. The molecule has 0 spiro atoms. The van der Waals surface area contributed by atoms with Crippen molar-refractivity contribution in [1.82, 2.24) is 19.7 Å². The average Bonchev–Trinajstić information content (AvgIpc) is 3.23. The molecule has 2 heterocycles. The van der Waals surface area contributed by atoms with E-state index in [1.54, 1.807) is 19.1 Å². The fourth-order valence-electron chi connectivity index (χ4n) is 3.37. The summed E-state index contributed by atoms with van der Waals surface area (Å²) < 4.78 is 7.03. The minimum atomic E-state index is -0.477. The number of allylic oxidation sites excluding steroid dienone is 2. The first-order valence-electron chi connectivity index (χ1n) is 7.92. The molecule has 2 atom stereocenters. The van der Waals surface area contributed by atoms with E-state index in [-0.39, 0.29) is 17.6 Å². The average molecular weight is 324 g/mol. The maximum Gasteiger partial charge on any atom is 0.345 e. The van der Waals surface area contributed by atoms with Gasteiger partial charge < -0.3 is 4.74 Å². The summed E-state index contributed by atoms with van der Waals surface area (Å²) in [7, 11) is 0. The lowest BCUT2D eigenvalue weighted by Crippen LogP contribution is -2.20. The van der Waals surface area contributed by atoms with Crippen LogP contribution in [0, 0.1) is 18.8 Å². The van der Waals surface area contributed by atoms with Gasteiger partial charge in [-0.1, -0.05) is 0 Å². The van der Waals surface area contributed by atoms with Gasteiger partial charge in [0.05, 0.1) is 11.3 Å². The maximum absolute atomic E-state index is 12.5. The normalized spacial score (nSPS) is 22.4. The second-order valence-electron chi connectivity index (χ2n) is 6.19. The van der Waals surface area contributed by atoms with Gasteiger partial charge in [-0.05, 0) is 38.3 Å². The Balaban J connectivity index is 1.56. The summed E-state index contributed by atoms with van der Waals surface area (Å²) in [4.78, 5) is 32.6. The van der Waals surface area contributed by atoms with Gasteiger partial charge in [0, 0.05) is 17.9 Å². The highest BCUT2D eigenvalue weighted by atomic mass is 16.5. The minimum absolute atomic E-state index is 0.0722. The molecule has 2 aromatic heterocycles. The molecule has 0 radical (unpaired) electrons. The number of esters is 1. The van der Waals surface area contributed by atoms with Gasteiger partial charge in [0.2, 0.25) is 0 Å². The molecule has 2 bridgehead atoms. The van der Waals surface area contributed by atoms with Gasteiger partial charge in [0.1, 0.15) is 18.4 Å². The minimum Gasteiger partial charge on any atom is -0.427 e. The van der Waals surface area contributed by atoms with E-state index in [4.69, 9.17) is 4.74 Å². The molecule has 0 aromatic carbocycles. The van der Waals surface area contributed by atoms with Crippen LogP contribution in [-0.4, -0.2) is 31.5 Å². The summed E-state index contributed by atoms with van der Waals surface area (Å²) in [6.07, 6.45) is 7.03. The molecule has 7 heteroatoms. The number of pyridine rings is 1. The van der Waals surface area contributed by atoms with E-state index < -0.39 is 5.97 Å². The monoisotopic (exact) mass is 324 g/mol. The van der Waals surface area contributed by atoms with Crippen LogP contribution in [0.2, 0.25) is 0 Å². The predicted molar refractivity (Wildman–Crippen MR) is 83.2 cm³/mol. The smallest absolute Gasteiger partial charge is 0.345 e. The molecular formula is C17H16N4O3. The zero-order valence-electron chi connectivity index (χ0n) is 13.2. The Hall–Kier alpha value is -2.83. The van der Waals surface area contributed by atoms with Crippen molar-refractivity contribution in [2.24, 2.45) is 11.8 Å². The number of fused-ring (bicyclic) bond motifs is 2.